The summed E-state index contributed by atoms with van der Waals surface area (Å²) >= 11 is 0. The van der Waals surface area contributed by atoms with Crippen molar-refractivity contribution in [1.82, 2.24) is 20.1 Å². The van der Waals surface area contributed by atoms with Gasteiger partial charge >= 0.3 is 0 Å². The summed E-state index contributed by atoms with van der Waals surface area (Å²) in [5, 5.41) is 12.1. The molecule has 0 atom stereocenters. The normalized spacial score (nSPS) is 15.1. The minimum absolute atomic E-state index is 0.245. The number of aromatic nitrogens is 3. The molecule has 2 N–H and O–H groups in total. The number of rotatable bonds is 6. The molecule has 0 unspecified atom stereocenters. The van der Waals surface area contributed by atoms with E-state index in [1.54, 1.807) is 12.1 Å². The van der Waals surface area contributed by atoms with Gasteiger partial charge in [0.25, 0.3) is 5.91 Å². The van der Waals surface area contributed by atoms with Crippen LogP contribution in [0.3, 0.4) is 0 Å². The summed E-state index contributed by atoms with van der Waals surface area (Å²) in [5.74, 6) is 0.0511. The van der Waals surface area contributed by atoms with Gasteiger partial charge in [-0.15, -0.1) is 0 Å². The van der Waals surface area contributed by atoms with E-state index in [-0.39, 0.29) is 5.91 Å². The smallest absolute Gasteiger partial charge is 0.287 e. The van der Waals surface area contributed by atoms with Crippen molar-refractivity contribution in [2.24, 2.45) is 0 Å². The lowest BCUT2D eigenvalue weighted by Gasteiger charge is -2.26. The number of carbonyl (C=O) groups excluding carboxylic acids is 1. The van der Waals surface area contributed by atoms with Crippen LogP contribution in [0, 0.1) is 6.92 Å². The number of carbonyl (C=O) groups is 1. The molecule has 1 fully saturated rings. The van der Waals surface area contributed by atoms with Gasteiger partial charge in [-0.2, -0.15) is 5.10 Å². The van der Waals surface area contributed by atoms with Gasteiger partial charge in [-0.05, 0) is 38.8 Å². The summed E-state index contributed by atoms with van der Waals surface area (Å²) < 4.78 is 12.6. The topological polar surface area (TPSA) is 94.2 Å². The summed E-state index contributed by atoms with van der Waals surface area (Å²) in [6.45, 7) is 6.63. The first-order valence-corrected chi connectivity index (χ1v) is 9.68. The van der Waals surface area contributed by atoms with Crippen molar-refractivity contribution in [3.8, 4) is 0 Å². The Morgan fingerprint density at radius 3 is 2.89 bits per heavy atom. The highest BCUT2D eigenvalue weighted by atomic mass is 16.5. The van der Waals surface area contributed by atoms with Crippen LogP contribution >= 0.6 is 0 Å². The van der Waals surface area contributed by atoms with E-state index in [4.69, 9.17) is 14.1 Å². The molecule has 1 aliphatic heterocycles. The van der Waals surface area contributed by atoms with E-state index in [2.05, 4.69) is 15.7 Å². The molecule has 4 rings (SSSR count). The predicted molar refractivity (Wildman–Crippen MR) is 105 cm³/mol. The van der Waals surface area contributed by atoms with Crippen molar-refractivity contribution in [3.63, 3.8) is 0 Å². The van der Waals surface area contributed by atoms with Crippen molar-refractivity contribution in [1.29, 1.82) is 0 Å². The number of aryl methyl sites for hydroxylation is 2. The zero-order valence-corrected chi connectivity index (χ0v) is 16.2. The zero-order valence-electron chi connectivity index (χ0n) is 16.2. The average Bonchev–Trinajstić information content (AvgIpc) is 3.38. The standard InChI is InChI=1S/C20H25N5O3/c1-3-25-19-16(12-22-25)18(24-14-6-9-27-10-7-14)15(13(2)23-19)11-21-20(26)17-5-4-8-28-17/h4-5,8,12,14H,3,6-7,9-11H2,1-2H3,(H,21,26)(H,23,24). The van der Waals surface area contributed by atoms with E-state index in [1.807, 2.05) is 24.7 Å². The van der Waals surface area contributed by atoms with E-state index in [0.29, 0.717) is 18.3 Å². The van der Waals surface area contributed by atoms with Gasteiger partial charge in [-0.3, -0.25) is 4.79 Å². The quantitative estimate of drug-likeness (QED) is 0.680. The van der Waals surface area contributed by atoms with E-state index in [9.17, 15) is 4.79 Å². The highest BCUT2D eigenvalue weighted by Gasteiger charge is 2.21. The Morgan fingerprint density at radius 2 is 2.18 bits per heavy atom. The van der Waals surface area contributed by atoms with Gasteiger partial charge in [0.05, 0.1) is 23.5 Å². The fourth-order valence-electron chi connectivity index (χ4n) is 3.57. The summed E-state index contributed by atoms with van der Waals surface area (Å²) in [7, 11) is 0. The highest BCUT2D eigenvalue weighted by molar-refractivity contribution is 5.93. The summed E-state index contributed by atoms with van der Waals surface area (Å²) in [6, 6.07) is 3.67. The van der Waals surface area contributed by atoms with Crippen LogP contribution in [0.15, 0.2) is 29.0 Å². The lowest BCUT2D eigenvalue weighted by atomic mass is 10.0. The largest absolute Gasteiger partial charge is 0.459 e. The molecule has 1 amide bonds. The molecule has 0 saturated carbocycles. The second-order valence-corrected chi connectivity index (χ2v) is 6.94. The number of furan rings is 1. The molecule has 28 heavy (non-hydrogen) atoms. The van der Waals surface area contributed by atoms with Gasteiger partial charge in [0.2, 0.25) is 0 Å². The van der Waals surface area contributed by atoms with Crippen LogP contribution in [0.25, 0.3) is 11.0 Å². The third kappa shape index (κ3) is 3.60. The monoisotopic (exact) mass is 383 g/mol. The van der Waals surface area contributed by atoms with E-state index in [0.717, 1.165) is 60.6 Å². The van der Waals surface area contributed by atoms with Gasteiger partial charge in [0.1, 0.15) is 0 Å². The number of anilines is 1. The average molecular weight is 383 g/mol. The first-order valence-electron chi connectivity index (χ1n) is 9.68. The number of fused-ring (bicyclic) bond motifs is 1. The first kappa shape index (κ1) is 18.5. The van der Waals surface area contributed by atoms with Crippen LogP contribution in [0.4, 0.5) is 5.69 Å². The van der Waals surface area contributed by atoms with Crippen LogP contribution in [0.1, 0.15) is 41.6 Å². The van der Waals surface area contributed by atoms with Gasteiger partial charge in [0, 0.05) is 43.6 Å². The molecule has 3 aromatic rings. The van der Waals surface area contributed by atoms with Crippen molar-refractivity contribution in [2.75, 3.05) is 18.5 Å². The summed E-state index contributed by atoms with van der Waals surface area (Å²) in [4.78, 5) is 17.1. The molecule has 3 aromatic heterocycles. The van der Waals surface area contributed by atoms with Crippen LogP contribution in [-0.4, -0.2) is 39.9 Å². The fourth-order valence-corrected chi connectivity index (χ4v) is 3.57. The molecule has 8 heteroatoms. The maximum Gasteiger partial charge on any atom is 0.287 e. The number of pyridine rings is 1. The van der Waals surface area contributed by atoms with Crippen molar-refractivity contribution in [3.05, 3.63) is 41.6 Å². The van der Waals surface area contributed by atoms with E-state index >= 15 is 0 Å². The van der Waals surface area contributed by atoms with Gasteiger partial charge in [-0.1, -0.05) is 0 Å². The molecular formula is C20H25N5O3. The van der Waals surface area contributed by atoms with Crippen LogP contribution in [0.2, 0.25) is 0 Å². The molecule has 0 bridgehead atoms. The number of amides is 1. The van der Waals surface area contributed by atoms with E-state index in [1.165, 1.54) is 6.26 Å². The maximum atomic E-state index is 12.3. The lowest BCUT2D eigenvalue weighted by molar-refractivity contribution is 0.0904. The number of hydrogen-bond donors (Lipinski definition) is 2. The number of nitrogens with zero attached hydrogens (tertiary/aromatic N) is 3. The molecule has 4 heterocycles. The molecule has 0 radical (unpaired) electrons. The molecule has 0 spiro atoms. The minimum Gasteiger partial charge on any atom is -0.459 e. The van der Waals surface area contributed by atoms with Crippen molar-refractivity contribution in [2.45, 2.75) is 45.8 Å². The Hall–Kier alpha value is -2.87. The second kappa shape index (κ2) is 8.02. The van der Waals surface area contributed by atoms with Gasteiger partial charge in [-0.25, -0.2) is 9.67 Å². The van der Waals surface area contributed by atoms with Crippen LogP contribution in [0.5, 0.6) is 0 Å². The van der Waals surface area contributed by atoms with Crippen LogP contribution in [-0.2, 0) is 17.8 Å². The van der Waals surface area contributed by atoms with Crippen molar-refractivity contribution >= 4 is 22.6 Å². The predicted octanol–water partition coefficient (Wildman–Crippen LogP) is 2.87. The third-order valence-electron chi connectivity index (χ3n) is 5.13. The molecule has 148 valence electrons. The Bertz CT molecular complexity index is 958. The van der Waals surface area contributed by atoms with Gasteiger partial charge in [0.15, 0.2) is 11.4 Å². The van der Waals surface area contributed by atoms with Crippen LogP contribution < -0.4 is 10.6 Å². The van der Waals surface area contributed by atoms with Gasteiger partial charge < -0.3 is 19.8 Å². The highest BCUT2D eigenvalue weighted by Crippen LogP contribution is 2.30. The molecule has 1 saturated heterocycles. The summed E-state index contributed by atoms with van der Waals surface area (Å²) in [6.07, 6.45) is 5.24. The van der Waals surface area contributed by atoms with Crippen molar-refractivity contribution < 1.29 is 13.9 Å². The molecule has 1 aliphatic rings. The second-order valence-electron chi connectivity index (χ2n) is 6.94. The molecule has 0 aromatic carbocycles. The third-order valence-corrected chi connectivity index (χ3v) is 5.13. The van der Waals surface area contributed by atoms with E-state index < -0.39 is 0 Å². The Morgan fingerprint density at radius 1 is 1.36 bits per heavy atom. The Balaban J connectivity index is 1.67. The zero-order chi connectivity index (χ0) is 19.5. The lowest BCUT2D eigenvalue weighted by Crippen LogP contribution is -2.29. The summed E-state index contributed by atoms with van der Waals surface area (Å²) in [5.41, 5.74) is 3.69. The Kier molecular flexibility index (Phi) is 5.29. The molecule has 0 aliphatic carbocycles. The maximum absolute atomic E-state index is 12.3. The number of hydrogen-bond acceptors (Lipinski definition) is 6. The first-order chi connectivity index (χ1) is 13.7. The fraction of sp³-hybridized carbons (Fsp3) is 0.450. The number of ether oxygens (including phenoxy) is 1. The SMILES string of the molecule is CCn1ncc2c(NC3CCOCC3)c(CNC(=O)c3ccco3)c(C)nc21. The Labute approximate surface area is 163 Å². The number of nitrogens with one attached hydrogen (secondary N) is 2. The molecular weight excluding hydrogens is 358 g/mol. The molecule has 8 nitrogen and oxygen atoms in total. The minimum atomic E-state index is -0.245.